The summed E-state index contributed by atoms with van der Waals surface area (Å²) >= 11 is 4.24. The molecule has 0 bridgehead atoms. The van der Waals surface area contributed by atoms with Gasteiger partial charge < -0.3 is 0 Å². The van der Waals surface area contributed by atoms with Gasteiger partial charge in [0.1, 0.15) is 0 Å². The maximum absolute atomic E-state index is 10.6. The molecule has 0 spiro atoms. The molecule has 1 N–H and O–H groups in total. The molecule has 6 heteroatoms. The zero-order valence-electron chi connectivity index (χ0n) is 6.23. The average Bonchev–Trinajstić information content (AvgIpc) is 1.86. The van der Waals surface area contributed by atoms with Crippen LogP contribution < -0.4 is 0 Å². The molecule has 0 fully saturated rings. The Morgan fingerprint density at radius 2 is 2.18 bits per heavy atom. The molecule has 0 aliphatic heterocycles. The van der Waals surface area contributed by atoms with Crippen LogP contribution in [0.25, 0.3) is 0 Å². The molecule has 64 valence electrons. The maximum atomic E-state index is 10.6. The molecule has 0 heterocycles. The van der Waals surface area contributed by atoms with Gasteiger partial charge in [-0.05, 0) is 25.6 Å². The van der Waals surface area contributed by atoms with Gasteiger partial charge in [0.05, 0.1) is 5.16 Å². The van der Waals surface area contributed by atoms with Crippen LogP contribution in [-0.2, 0) is 10.1 Å². The van der Waals surface area contributed by atoms with Crippen molar-refractivity contribution in [1.29, 1.82) is 0 Å². The quantitative estimate of drug-likeness (QED) is 0.416. The smallest absolute Gasteiger partial charge is 0.284 e. The molecule has 11 heavy (non-hydrogen) atoms. The van der Waals surface area contributed by atoms with E-state index in [1.165, 1.54) is 6.92 Å². The second-order valence-corrected chi connectivity index (χ2v) is 4.22. The van der Waals surface area contributed by atoms with Crippen LogP contribution in [0.3, 0.4) is 0 Å². The fourth-order valence-electron chi connectivity index (χ4n) is 0.416. The van der Waals surface area contributed by atoms with Crippen LogP contribution in [0.1, 0.15) is 20.3 Å². The lowest BCUT2D eigenvalue weighted by molar-refractivity contribution is 0.432. The normalized spacial score (nSPS) is 16.6. The lowest BCUT2D eigenvalue weighted by Gasteiger charge is -2.16. The van der Waals surface area contributed by atoms with E-state index in [0.717, 1.165) is 0 Å². The number of isothiocyanates is 1. The van der Waals surface area contributed by atoms with Crippen molar-refractivity contribution in [3.63, 3.8) is 0 Å². The molecule has 0 aromatic carbocycles. The van der Waals surface area contributed by atoms with Gasteiger partial charge in [-0.3, -0.25) is 4.55 Å². The highest BCUT2D eigenvalue weighted by atomic mass is 32.2. The Balaban J connectivity index is 5.07. The topological polar surface area (TPSA) is 66.7 Å². The maximum Gasteiger partial charge on any atom is 0.291 e. The standard InChI is InChI=1S/C5H9NO3S2/c1-3-5(2,6-4-10)11(7,8)9/h3H2,1-2H3,(H,7,8,9). The van der Waals surface area contributed by atoms with Gasteiger partial charge in [0.2, 0.25) is 0 Å². The van der Waals surface area contributed by atoms with Crippen LogP contribution in [0.4, 0.5) is 0 Å². The summed E-state index contributed by atoms with van der Waals surface area (Å²) < 4.78 is 30.0. The van der Waals surface area contributed by atoms with Crippen molar-refractivity contribution in [3.05, 3.63) is 0 Å². The Morgan fingerprint density at radius 3 is 2.27 bits per heavy atom. The first-order valence-electron chi connectivity index (χ1n) is 2.93. The Bertz CT molecular complexity index is 278. The van der Waals surface area contributed by atoms with E-state index in [-0.39, 0.29) is 6.42 Å². The zero-order valence-corrected chi connectivity index (χ0v) is 7.87. The molecule has 0 aliphatic rings. The Kier molecular flexibility index (Phi) is 3.31. The molecule has 0 amide bonds. The lowest BCUT2D eigenvalue weighted by atomic mass is 10.3. The highest BCUT2D eigenvalue weighted by molar-refractivity contribution is 7.87. The molecule has 0 saturated carbocycles. The van der Waals surface area contributed by atoms with Gasteiger partial charge >= 0.3 is 0 Å². The summed E-state index contributed by atoms with van der Waals surface area (Å²) in [4.78, 5) is 1.84. The molecule has 4 nitrogen and oxygen atoms in total. The van der Waals surface area contributed by atoms with Gasteiger partial charge in [-0.15, -0.1) is 0 Å². The second kappa shape index (κ2) is 3.40. The van der Waals surface area contributed by atoms with Gasteiger partial charge in [0.15, 0.2) is 4.87 Å². The number of nitrogens with zero attached hydrogens (tertiary/aromatic N) is 1. The van der Waals surface area contributed by atoms with Crippen LogP contribution in [0.5, 0.6) is 0 Å². The summed E-state index contributed by atoms with van der Waals surface area (Å²) in [5.74, 6) is 0. The summed E-state index contributed by atoms with van der Waals surface area (Å²) in [7, 11) is -4.17. The fraction of sp³-hybridized carbons (Fsp3) is 0.800. The van der Waals surface area contributed by atoms with Crippen molar-refractivity contribution in [1.82, 2.24) is 0 Å². The highest BCUT2D eigenvalue weighted by Crippen LogP contribution is 2.20. The largest absolute Gasteiger partial charge is 0.291 e. The fourth-order valence-corrected chi connectivity index (χ4v) is 1.20. The van der Waals surface area contributed by atoms with E-state index in [9.17, 15) is 8.42 Å². The first-order chi connectivity index (χ1) is 4.87. The summed E-state index contributed by atoms with van der Waals surface area (Å²) in [6, 6.07) is 0. The van der Waals surface area contributed by atoms with E-state index >= 15 is 0 Å². The average molecular weight is 195 g/mol. The third-order valence-corrected chi connectivity index (χ3v) is 3.08. The summed E-state index contributed by atoms with van der Waals surface area (Å²) in [6.07, 6.45) is 0.162. The van der Waals surface area contributed by atoms with Gasteiger partial charge in [0.25, 0.3) is 10.1 Å². The predicted molar refractivity (Wildman–Crippen MR) is 45.3 cm³/mol. The van der Waals surface area contributed by atoms with Gasteiger partial charge in [-0.25, -0.2) is 4.99 Å². The number of aliphatic imine (C=N–C) groups is 1. The van der Waals surface area contributed by atoms with Crippen molar-refractivity contribution >= 4 is 27.5 Å². The van der Waals surface area contributed by atoms with Crippen molar-refractivity contribution in [3.8, 4) is 0 Å². The molecular formula is C5H9NO3S2. The molecular weight excluding hydrogens is 186 g/mol. The minimum atomic E-state index is -4.17. The number of hydrogen-bond donors (Lipinski definition) is 1. The minimum absolute atomic E-state index is 0.162. The van der Waals surface area contributed by atoms with E-state index in [0.29, 0.717) is 0 Å². The van der Waals surface area contributed by atoms with Crippen LogP contribution >= 0.6 is 12.2 Å². The second-order valence-electron chi connectivity index (χ2n) is 2.21. The molecule has 0 aliphatic carbocycles. The molecule has 0 aromatic rings. The number of thiocarbonyl (C=S) groups is 1. The molecule has 1 atom stereocenters. The molecule has 1 unspecified atom stereocenters. The highest BCUT2D eigenvalue weighted by Gasteiger charge is 2.35. The first-order valence-corrected chi connectivity index (χ1v) is 4.78. The summed E-state index contributed by atoms with van der Waals surface area (Å²) in [5.41, 5.74) is 0. The molecule has 0 saturated heterocycles. The monoisotopic (exact) mass is 195 g/mol. The van der Waals surface area contributed by atoms with E-state index in [1.807, 2.05) is 5.16 Å². The van der Waals surface area contributed by atoms with Crippen LogP contribution in [0, 0.1) is 0 Å². The number of hydrogen-bond acceptors (Lipinski definition) is 4. The minimum Gasteiger partial charge on any atom is -0.284 e. The SMILES string of the molecule is CCC(C)(N=C=S)S(=O)(=O)O. The van der Waals surface area contributed by atoms with Crippen LogP contribution in [-0.4, -0.2) is 23.0 Å². The van der Waals surface area contributed by atoms with Crippen molar-refractivity contribution in [2.75, 3.05) is 0 Å². The van der Waals surface area contributed by atoms with Crippen LogP contribution in [0.2, 0.25) is 0 Å². The van der Waals surface area contributed by atoms with E-state index < -0.39 is 15.0 Å². The van der Waals surface area contributed by atoms with Crippen molar-refractivity contribution in [2.24, 2.45) is 4.99 Å². The Hall–Kier alpha value is -0.290. The van der Waals surface area contributed by atoms with E-state index in [1.54, 1.807) is 6.92 Å². The summed E-state index contributed by atoms with van der Waals surface area (Å²) in [6.45, 7) is 2.87. The van der Waals surface area contributed by atoms with Gasteiger partial charge in [-0.2, -0.15) is 8.42 Å². The van der Waals surface area contributed by atoms with Crippen molar-refractivity contribution in [2.45, 2.75) is 25.1 Å². The van der Waals surface area contributed by atoms with Crippen molar-refractivity contribution < 1.29 is 13.0 Å². The first kappa shape index (κ1) is 10.7. The van der Waals surface area contributed by atoms with E-state index in [4.69, 9.17) is 4.55 Å². The molecule has 0 aromatic heterocycles. The third kappa shape index (κ3) is 2.34. The Morgan fingerprint density at radius 1 is 1.73 bits per heavy atom. The van der Waals surface area contributed by atoms with Gasteiger partial charge in [0, 0.05) is 0 Å². The Labute approximate surface area is 71.1 Å². The van der Waals surface area contributed by atoms with Gasteiger partial charge in [-0.1, -0.05) is 6.92 Å². The van der Waals surface area contributed by atoms with Crippen LogP contribution in [0.15, 0.2) is 4.99 Å². The van der Waals surface area contributed by atoms with E-state index in [2.05, 4.69) is 17.2 Å². The zero-order chi connectivity index (χ0) is 9.12. The third-order valence-electron chi connectivity index (χ3n) is 1.49. The molecule has 0 rings (SSSR count). The number of rotatable bonds is 3. The lowest BCUT2D eigenvalue weighted by Crippen LogP contribution is -2.31. The summed E-state index contributed by atoms with van der Waals surface area (Å²) in [5, 5.41) is 1.93. The predicted octanol–water partition coefficient (Wildman–Crippen LogP) is 1.10. The molecule has 0 radical (unpaired) electrons.